The van der Waals surface area contributed by atoms with Gasteiger partial charge in [0.25, 0.3) is 0 Å². The van der Waals surface area contributed by atoms with Crippen LogP contribution in [-0.4, -0.2) is 12.6 Å². The molecule has 1 rings (SSSR count). The zero-order valence-corrected chi connectivity index (χ0v) is 6.32. The predicted octanol–water partition coefficient (Wildman–Crippen LogP) is 1.93. The van der Waals surface area contributed by atoms with Crippen LogP contribution in [-0.2, 0) is 0 Å². The average molecular weight is 127 g/mol. The molecule has 0 aliphatic carbocycles. The molecule has 1 saturated heterocycles. The second-order valence-corrected chi connectivity index (χ2v) is 2.95. The lowest BCUT2D eigenvalue weighted by atomic mass is 10.1. The summed E-state index contributed by atoms with van der Waals surface area (Å²) >= 11 is 0. The van der Waals surface area contributed by atoms with Gasteiger partial charge in [-0.15, -0.1) is 0 Å². The molecular formula is C8H17N. The van der Waals surface area contributed by atoms with Gasteiger partial charge in [0.05, 0.1) is 0 Å². The van der Waals surface area contributed by atoms with E-state index in [9.17, 15) is 0 Å². The molecule has 0 aromatic heterocycles. The van der Waals surface area contributed by atoms with Crippen LogP contribution < -0.4 is 5.32 Å². The molecule has 1 heterocycles. The van der Waals surface area contributed by atoms with Gasteiger partial charge in [-0.1, -0.05) is 32.6 Å². The van der Waals surface area contributed by atoms with Crippen LogP contribution in [0.25, 0.3) is 0 Å². The maximum absolute atomic E-state index is 3.31. The number of rotatable bonds is 5. The fraction of sp³-hybridized carbons (Fsp3) is 1.00. The molecule has 0 saturated carbocycles. The molecule has 54 valence electrons. The molecule has 1 N–H and O–H groups in total. The molecule has 0 aromatic carbocycles. The van der Waals surface area contributed by atoms with Crippen molar-refractivity contribution < 1.29 is 0 Å². The third-order valence-electron chi connectivity index (χ3n) is 1.90. The van der Waals surface area contributed by atoms with Crippen LogP contribution in [0.4, 0.5) is 0 Å². The van der Waals surface area contributed by atoms with Gasteiger partial charge in [0.15, 0.2) is 0 Å². The van der Waals surface area contributed by atoms with E-state index in [4.69, 9.17) is 0 Å². The Morgan fingerprint density at radius 1 is 1.33 bits per heavy atom. The summed E-state index contributed by atoms with van der Waals surface area (Å²) in [6.45, 7) is 3.54. The molecular weight excluding hydrogens is 110 g/mol. The van der Waals surface area contributed by atoms with Crippen LogP contribution in [0, 0.1) is 0 Å². The highest BCUT2D eigenvalue weighted by atomic mass is 15.1. The van der Waals surface area contributed by atoms with Crippen molar-refractivity contribution in [2.24, 2.45) is 0 Å². The standard InChI is InChI=1S/C8H17N/c1-2-3-4-5-6-8-7-9-8/h8-9H,2-7H2,1H3/t8-/m0/s1. The van der Waals surface area contributed by atoms with Crippen molar-refractivity contribution >= 4 is 0 Å². The Balaban J connectivity index is 1.71. The van der Waals surface area contributed by atoms with Crippen molar-refractivity contribution in [3.8, 4) is 0 Å². The lowest BCUT2D eigenvalue weighted by Crippen LogP contribution is -1.89. The molecule has 9 heavy (non-hydrogen) atoms. The minimum atomic E-state index is 0.904. The van der Waals surface area contributed by atoms with Crippen LogP contribution in [0.2, 0.25) is 0 Å². The summed E-state index contributed by atoms with van der Waals surface area (Å²) < 4.78 is 0. The van der Waals surface area contributed by atoms with Gasteiger partial charge in [0.1, 0.15) is 0 Å². The van der Waals surface area contributed by atoms with Crippen LogP contribution in [0.1, 0.15) is 39.0 Å². The first-order valence-corrected chi connectivity index (χ1v) is 4.17. The third-order valence-corrected chi connectivity index (χ3v) is 1.90. The van der Waals surface area contributed by atoms with Crippen molar-refractivity contribution in [1.29, 1.82) is 0 Å². The van der Waals surface area contributed by atoms with Gasteiger partial charge < -0.3 is 5.32 Å². The van der Waals surface area contributed by atoms with E-state index in [1.165, 1.54) is 38.6 Å². The Labute approximate surface area is 57.8 Å². The summed E-state index contributed by atoms with van der Waals surface area (Å²) in [5.74, 6) is 0. The normalized spacial score (nSPS) is 24.3. The molecule has 1 aliphatic heterocycles. The van der Waals surface area contributed by atoms with Crippen molar-refractivity contribution in [2.75, 3.05) is 6.54 Å². The summed E-state index contributed by atoms with van der Waals surface area (Å²) in [7, 11) is 0. The largest absolute Gasteiger partial charge is 0.311 e. The number of unbranched alkanes of at least 4 members (excludes halogenated alkanes) is 3. The highest BCUT2D eigenvalue weighted by Crippen LogP contribution is 2.10. The third kappa shape index (κ3) is 3.52. The highest BCUT2D eigenvalue weighted by Gasteiger charge is 2.17. The maximum Gasteiger partial charge on any atom is 0.0193 e. The Morgan fingerprint density at radius 3 is 2.67 bits per heavy atom. The quantitative estimate of drug-likeness (QED) is 0.442. The van der Waals surface area contributed by atoms with E-state index < -0.39 is 0 Å². The second-order valence-electron chi connectivity index (χ2n) is 2.95. The Bertz CT molecular complexity index is 67.0. The fourth-order valence-electron chi connectivity index (χ4n) is 1.10. The SMILES string of the molecule is CCCCCC[C@H]1CN1. The van der Waals surface area contributed by atoms with Gasteiger partial charge in [-0.3, -0.25) is 0 Å². The molecule has 0 radical (unpaired) electrons. The van der Waals surface area contributed by atoms with Crippen LogP contribution in [0.5, 0.6) is 0 Å². The Kier molecular flexibility index (Phi) is 3.05. The highest BCUT2D eigenvalue weighted by molar-refractivity contribution is 4.82. The van der Waals surface area contributed by atoms with Gasteiger partial charge in [-0.2, -0.15) is 0 Å². The van der Waals surface area contributed by atoms with E-state index in [1.807, 2.05) is 0 Å². The minimum Gasteiger partial charge on any atom is -0.311 e. The predicted molar refractivity (Wildman–Crippen MR) is 40.5 cm³/mol. The van der Waals surface area contributed by atoms with Gasteiger partial charge in [0, 0.05) is 12.6 Å². The molecule has 0 unspecified atom stereocenters. The number of nitrogens with one attached hydrogen (secondary N) is 1. The lowest BCUT2D eigenvalue weighted by Gasteiger charge is -1.94. The van der Waals surface area contributed by atoms with E-state index in [-0.39, 0.29) is 0 Å². The van der Waals surface area contributed by atoms with Gasteiger partial charge in [0.2, 0.25) is 0 Å². The van der Waals surface area contributed by atoms with Gasteiger partial charge >= 0.3 is 0 Å². The zero-order chi connectivity index (χ0) is 6.53. The number of hydrogen-bond donors (Lipinski definition) is 1. The second kappa shape index (κ2) is 3.89. The van der Waals surface area contributed by atoms with Crippen LogP contribution in [0.3, 0.4) is 0 Å². The smallest absolute Gasteiger partial charge is 0.0193 e. The Hall–Kier alpha value is -0.0400. The molecule has 1 aliphatic rings. The summed E-state index contributed by atoms with van der Waals surface area (Å²) in [5.41, 5.74) is 0. The monoisotopic (exact) mass is 127 g/mol. The van der Waals surface area contributed by atoms with E-state index >= 15 is 0 Å². The first kappa shape index (κ1) is 7.07. The summed E-state index contributed by atoms with van der Waals surface area (Å²) in [6.07, 6.45) is 7.07. The lowest BCUT2D eigenvalue weighted by molar-refractivity contribution is 0.627. The average Bonchev–Trinajstić information content (AvgIpc) is 2.63. The maximum atomic E-state index is 3.31. The van der Waals surface area contributed by atoms with Crippen molar-refractivity contribution in [3.05, 3.63) is 0 Å². The molecule has 0 bridgehead atoms. The van der Waals surface area contributed by atoms with E-state index in [1.54, 1.807) is 0 Å². The first-order chi connectivity index (χ1) is 4.43. The molecule has 1 fully saturated rings. The number of hydrogen-bond acceptors (Lipinski definition) is 1. The van der Waals surface area contributed by atoms with Crippen LogP contribution >= 0.6 is 0 Å². The summed E-state index contributed by atoms with van der Waals surface area (Å²) in [4.78, 5) is 0. The molecule has 1 nitrogen and oxygen atoms in total. The van der Waals surface area contributed by atoms with E-state index in [0.29, 0.717) is 0 Å². The zero-order valence-electron chi connectivity index (χ0n) is 6.32. The topological polar surface area (TPSA) is 21.9 Å². The van der Waals surface area contributed by atoms with Gasteiger partial charge in [-0.25, -0.2) is 0 Å². The van der Waals surface area contributed by atoms with Crippen molar-refractivity contribution in [1.82, 2.24) is 5.32 Å². The minimum absolute atomic E-state index is 0.904. The molecule has 0 amide bonds. The van der Waals surface area contributed by atoms with E-state index in [2.05, 4.69) is 12.2 Å². The van der Waals surface area contributed by atoms with Crippen molar-refractivity contribution in [2.45, 2.75) is 45.1 Å². The summed E-state index contributed by atoms with van der Waals surface area (Å²) in [5, 5.41) is 3.31. The Morgan fingerprint density at radius 2 is 2.11 bits per heavy atom. The molecule has 0 aromatic rings. The summed E-state index contributed by atoms with van der Waals surface area (Å²) in [6, 6.07) is 0.904. The van der Waals surface area contributed by atoms with E-state index in [0.717, 1.165) is 6.04 Å². The fourth-order valence-corrected chi connectivity index (χ4v) is 1.10. The first-order valence-electron chi connectivity index (χ1n) is 4.17. The van der Waals surface area contributed by atoms with Crippen LogP contribution in [0.15, 0.2) is 0 Å². The van der Waals surface area contributed by atoms with Gasteiger partial charge in [-0.05, 0) is 6.42 Å². The molecule has 1 atom stereocenters. The molecule has 0 spiro atoms. The molecule has 1 heteroatoms. The van der Waals surface area contributed by atoms with Crippen molar-refractivity contribution in [3.63, 3.8) is 0 Å².